The number of imidazole rings is 1. The van der Waals surface area contributed by atoms with Crippen LogP contribution >= 0.6 is 22.9 Å². The number of hydrogen-bond acceptors (Lipinski definition) is 6. The van der Waals surface area contributed by atoms with E-state index in [1.165, 1.54) is 11.3 Å². The van der Waals surface area contributed by atoms with Gasteiger partial charge >= 0.3 is 0 Å². The Morgan fingerprint density at radius 2 is 1.97 bits per heavy atom. The summed E-state index contributed by atoms with van der Waals surface area (Å²) in [6.07, 6.45) is 2.05. The van der Waals surface area contributed by atoms with Gasteiger partial charge in [-0.2, -0.15) is 5.10 Å². The molecule has 1 aliphatic carbocycles. The van der Waals surface area contributed by atoms with Gasteiger partial charge in [0.15, 0.2) is 0 Å². The molecule has 2 aromatic heterocycles. The molecule has 0 radical (unpaired) electrons. The molecule has 0 bridgehead atoms. The van der Waals surface area contributed by atoms with Crippen LogP contribution in [-0.4, -0.2) is 40.3 Å². The molecule has 1 fully saturated rings. The minimum atomic E-state index is -3.81. The van der Waals surface area contributed by atoms with Crippen molar-refractivity contribution < 1.29 is 13.5 Å². The second-order valence-corrected chi connectivity index (χ2v) is 11.2. The Bertz CT molecular complexity index is 1180. The molecule has 2 N–H and O–H groups in total. The van der Waals surface area contributed by atoms with Crippen molar-refractivity contribution in [3.8, 4) is 11.3 Å². The molecular weight excluding hydrogens is 444 g/mol. The molecule has 162 valence electrons. The van der Waals surface area contributed by atoms with Gasteiger partial charge < -0.3 is 5.11 Å². The SMILES string of the molecule is Cc1nc2sc(C(C)C)nn2c1-c1ccc(Cl)c(S(=O)(=O)NC2CCC(O)CC2)c1. The third kappa shape index (κ3) is 4.13. The van der Waals surface area contributed by atoms with Gasteiger partial charge in [0.05, 0.1) is 22.5 Å². The van der Waals surface area contributed by atoms with Crippen molar-refractivity contribution >= 4 is 37.9 Å². The summed E-state index contributed by atoms with van der Waals surface area (Å²) in [4.78, 5) is 5.43. The molecule has 2 heterocycles. The van der Waals surface area contributed by atoms with Crippen LogP contribution in [0.4, 0.5) is 0 Å². The third-order valence-corrected chi connectivity index (χ3v) is 8.61. The highest BCUT2D eigenvalue weighted by Crippen LogP contribution is 2.33. The first-order valence-corrected chi connectivity index (χ1v) is 12.7. The summed E-state index contributed by atoms with van der Waals surface area (Å²) in [6, 6.07) is 4.79. The lowest BCUT2D eigenvalue weighted by Gasteiger charge is -2.26. The quantitative estimate of drug-likeness (QED) is 0.587. The predicted octanol–water partition coefficient (Wildman–Crippen LogP) is 4.12. The fourth-order valence-corrected chi connectivity index (χ4v) is 6.54. The number of hydrogen-bond donors (Lipinski definition) is 2. The van der Waals surface area contributed by atoms with Crippen molar-refractivity contribution in [2.75, 3.05) is 0 Å². The molecule has 4 rings (SSSR count). The van der Waals surface area contributed by atoms with Gasteiger partial charge in [-0.15, -0.1) is 0 Å². The summed E-state index contributed by atoms with van der Waals surface area (Å²) in [6.45, 7) is 6.04. The topological polar surface area (TPSA) is 96.6 Å². The number of aliphatic hydroxyl groups excluding tert-OH is 1. The minimum absolute atomic E-state index is 0.0430. The van der Waals surface area contributed by atoms with Crippen molar-refractivity contribution in [3.63, 3.8) is 0 Å². The van der Waals surface area contributed by atoms with E-state index in [1.54, 1.807) is 22.7 Å². The van der Waals surface area contributed by atoms with Crippen LogP contribution in [0.25, 0.3) is 16.2 Å². The molecule has 1 aromatic carbocycles. The van der Waals surface area contributed by atoms with Gasteiger partial charge in [-0.1, -0.05) is 42.9 Å². The fourth-order valence-electron chi connectivity index (χ4n) is 3.76. The van der Waals surface area contributed by atoms with Gasteiger partial charge in [-0.3, -0.25) is 0 Å². The zero-order chi connectivity index (χ0) is 21.6. The van der Waals surface area contributed by atoms with E-state index in [9.17, 15) is 13.5 Å². The predicted molar refractivity (Wildman–Crippen MR) is 119 cm³/mol. The third-order valence-electron chi connectivity index (χ3n) is 5.40. The lowest BCUT2D eigenvalue weighted by atomic mass is 9.94. The Hall–Kier alpha value is -1.52. The van der Waals surface area contributed by atoms with Crippen molar-refractivity contribution in [1.29, 1.82) is 0 Å². The number of aliphatic hydroxyl groups is 1. The Kier molecular flexibility index (Phi) is 5.93. The summed E-state index contributed by atoms with van der Waals surface area (Å²) >= 11 is 7.83. The number of aromatic nitrogens is 3. The van der Waals surface area contributed by atoms with Crippen LogP contribution in [0.15, 0.2) is 23.1 Å². The number of fused-ring (bicyclic) bond motifs is 1. The Balaban J connectivity index is 1.72. The van der Waals surface area contributed by atoms with Crippen LogP contribution < -0.4 is 4.72 Å². The van der Waals surface area contributed by atoms with E-state index in [4.69, 9.17) is 11.6 Å². The van der Waals surface area contributed by atoms with Crippen LogP contribution in [0.5, 0.6) is 0 Å². The highest BCUT2D eigenvalue weighted by Gasteiger charge is 2.27. The van der Waals surface area contributed by atoms with Crippen molar-refractivity contribution in [3.05, 3.63) is 33.9 Å². The summed E-state index contributed by atoms with van der Waals surface area (Å²) in [5.41, 5.74) is 2.25. The van der Waals surface area contributed by atoms with Crippen LogP contribution in [0.2, 0.25) is 5.02 Å². The summed E-state index contributed by atoms with van der Waals surface area (Å²) in [5.74, 6) is 0.282. The number of nitrogens with one attached hydrogen (secondary N) is 1. The van der Waals surface area contributed by atoms with Crippen molar-refractivity contribution in [1.82, 2.24) is 19.3 Å². The van der Waals surface area contributed by atoms with Crippen molar-refractivity contribution in [2.24, 2.45) is 0 Å². The van der Waals surface area contributed by atoms with Crippen LogP contribution in [0, 0.1) is 6.92 Å². The molecule has 10 heteroatoms. The molecule has 0 spiro atoms. The molecule has 1 saturated carbocycles. The van der Waals surface area contributed by atoms with Crippen LogP contribution in [0.1, 0.15) is 56.2 Å². The molecule has 0 atom stereocenters. The Morgan fingerprint density at radius 1 is 1.27 bits per heavy atom. The number of rotatable bonds is 5. The van der Waals surface area contributed by atoms with Gasteiger partial charge in [0.2, 0.25) is 15.0 Å². The van der Waals surface area contributed by atoms with E-state index in [0.717, 1.165) is 21.4 Å². The minimum Gasteiger partial charge on any atom is -0.393 e. The maximum atomic E-state index is 13.1. The highest BCUT2D eigenvalue weighted by atomic mass is 35.5. The number of sulfonamides is 1. The average Bonchev–Trinajstić information content (AvgIpc) is 3.21. The standard InChI is InChI=1S/C20H25ClN4O3S2/c1-11(2)19-23-25-18(12(3)22-20(25)29-19)13-4-9-16(21)17(10-13)30(27,28)24-14-5-7-15(26)8-6-14/h4,9-11,14-15,24,26H,5-8H2,1-3H3. The van der Waals surface area contributed by atoms with Gasteiger partial charge in [0, 0.05) is 17.5 Å². The highest BCUT2D eigenvalue weighted by molar-refractivity contribution is 7.89. The van der Waals surface area contributed by atoms with Gasteiger partial charge in [0.1, 0.15) is 9.90 Å². The Morgan fingerprint density at radius 3 is 2.63 bits per heavy atom. The maximum absolute atomic E-state index is 13.1. The van der Waals surface area contributed by atoms with E-state index in [-0.39, 0.29) is 28.0 Å². The molecular formula is C20H25ClN4O3S2. The van der Waals surface area contributed by atoms with E-state index < -0.39 is 10.0 Å². The first-order chi connectivity index (χ1) is 14.2. The second kappa shape index (κ2) is 8.20. The number of aryl methyl sites for hydroxylation is 1. The molecule has 7 nitrogen and oxygen atoms in total. The first-order valence-electron chi connectivity index (χ1n) is 10.0. The number of benzene rings is 1. The molecule has 30 heavy (non-hydrogen) atoms. The fraction of sp³-hybridized carbons (Fsp3) is 0.500. The molecule has 0 amide bonds. The molecule has 0 aliphatic heterocycles. The van der Waals surface area contributed by atoms with Crippen molar-refractivity contribution in [2.45, 2.75) is 69.4 Å². The summed E-state index contributed by atoms with van der Waals surface area (Å²) in [7, 11) is -3.81. The normalized spacial score (nSPS) is 20.3. The lowest BCUT2D eigenvalue weighted by Crippen LogP contribution is -2.38. The Labute approximate surface area is 185 Å². The van der Waals surface area contributed by atoms with Gasteiger partial charge in [-0.25, -0.2) is 22.6 Å². The van der Waals surface area contributed by atoms with Crippen LogP contribution in [-0.2, 0) is 10.0 Å². The van der Waals surface area contributed by atoms with E-state index in [1.807, 2.05) is 6.92 Å². The van der Waals surface area contributed by atoms with Gasteiger partial charge in [-0.05, 0) is 44.7 Å². The number of nitrogens with zero attached hydrogens (tertiary/aromatic N) is 3. The zero-order valence-corrected chi connectivity index (χ0v) is 19.5. The largest absolute Gasteiger partial charge is 0.393 e. The van der Waals surface area contributed by atoms with E-state index >= 15 is 0 Å². The molecule has 3 aromatic rings. The van der Waals surface area contributed by atoms with Crippen LogP contribution in [0.3, 0.4) is 0 Å². The number of halogens is 1. The first kappa shape index (κ1) is 21.7. The molecule has 0 saturated heterocycles. The summed E-state index contributed by atoms with van der Waals surface area (Å²) < 4.78 is 30.7. The molecule has 0 unspecified atom stereocenters. The monoisotopic (exact) mass is 468 g/mol. The van der Waals surface area contributed by atoms with E-state index in [0.29, 0.717) is 31.2 Å². The molecule has 1 aliphatic rings. The zero-order valence-electron chi connectivity index (χ0n) is 17.1. The smallest absolute Gasteiger partial charge is 0.242 e. The maximum Gasteiger partial charge on any atom is 0.242 e. The van der Waals surface area contributed by atoms with Gasteiger partial charge in [0.25, 0.3) is 0 Å². The lowest BCUT2D eigenvalue weighted by molar-refractivity contribution is 0.120. The second-order valence-electron chi connectivity index (χ2n) is 8.11. The average molecular weight is 469 g/mol. The van der Waals surface area contributed by atoms with E-state index in [2.05, 4.69) is 28.7 Å². The summed E-state index contributed by atoms with van der Waals surface area (Å²) in [5, 5.41) is 15.5.